The van der Waals surface area contributed by atoms with Gasteiger partial charge < -0.3 is 11.1 Å². The van der Waals surface area contributed by atoms with Gasteiger partial charge in [0.1, 0.15) is 0 Å². The van der Waals surface area contributed by atoms with Crippen LogP contribution in [0.2, 0.25) is 0 Å². The van der Waals surface area contributed by atoms with Crippen LogP contribution in [0, 0.1) is 11.8 Å². The molecule has 14 heavy (non-hydrogen) atoms. The van der Waals surface area contributed by atoms with E-state index in [1.807, 2.05) is 0 Å². The highest BCUT2D eigenvalue weighted by molar-refractivity contribution is 5.76. The van der Waals surface area contributed by atoms with Crippen molar-refractivity contribution in [3.63, 3.8) is 0 Å². The van der Waals surface area contributed by atoms with Crippen molar-refractivity contribution in [2.24, 2.45) is 17.6 Å². The maximum Gasteiger partial charge on any atom is 0.220 e. The molecule has 0 aromatic carbocycles. The van der Waals surface area contributed by atoms with Gasteiger partial charge in [-0.1, -0.05) is 20.8 Å². The van der Waals surface area contributed by atoms with Crippen LogP contribution < -0.4 is 11.1 Å². The molecule has 0 bridgehead atoms. The Morgan fingerprint density at radius 1 is 1.43 bits per heavy atom. The highest BCUT2D eigenvalue weighted by Crippen LogP contribution is 2.13. The van der Waals surface area contributed by atoms with Crippen LogP contribution in [0.15, 0.2) is 0 Å². The molecule has 0 fully saturated rings. The molecular weight excluding hydrogens is 176 g/mol. The van der Waals surface area contributed by atoms with Crippen LogP contribution in [-0.2, 0) is 4.79 Å². The van der Waals surface area contributed by atoms with Gasteiger partial charge >= 0.3 is 0 Å². The monoisotopic (exact) mass is 200 g/mol. The second-order valence-corrected chi connectivity index (χ2v) is 4.29. The fraction of sp³-hybridized carbons (Fsp3) is 0.909. The number of nitrogens with one attached hydrogen (secondary N) is 1. The molecule has 0 aromatic rings. The second kappa shape index (κ2) is 7.80. The standard InChI is InChI=1S/C11H24N2O/c1-4-5-13-11(14)7-10(8-12)6-9(2)3/h9-10H,4-8,12H2,1-3H3,(H,13,14)/t10-/m0/s1. The second-order valence-electron chi connectivity index (χ2n) is 4.29. The molecule has 0 aromatic heterocycles. The van der Waals surface area contributed by atoms with E-state index in [2.05, 4.69) is 26.1 Å². The molecule has 0 radical (unpaired) electrons. The summed E-state index contributed by atoms with van der Waals surface area (Å²) in [5, 5.41) is 2.88. The molecule has 3 N–H and O–H groups in total. The van der Waals surface area contributed by atoms with Gasteiger partial charge in [-0.15, -0.1) is 0 Å². The third-order valence-corrected chi connectivity index (χ3v) is 2.18. The number of rotatable bonds is 7. The van der Waals surface area contributed by atoms with Crippen LogP contribution in [-0.4, -0.2) is 19.0 Å². The molecule has 0 aliphatic carbocycles. The Bertz CT molecular complexity index is 157. The van der Waals surface area contributed by atoms with Gasteiger partial charge in [0, 0.05) is 13.0 Å². The molecule has 0 unspecified atom stereocenters. The van der Waals surface area contributed by atoms with Crippen molar-refractivity contribution in [2.45, 2.75) is 40.0 Å². The van der Waals surface area contributed by atoms with Crippen LogP contribution in [0.5, 0.6) is 0 Å². The summed E-state index contributed by atoms with van der Waals surface area (Å²) in [5.41, 5.74) is 5.62. The molecule has 84 valence electrons. The van der Waals surface area contributed by atoms with E-state index >= 15 is 0 Å². The van der Waals surface area contributed by atoms with Crippen molar-refractivity contribution < 1.29 is 4.79 Å². The van der Waals surface area contributed by atoms with Crippen molar-refractivity contribution in [3.8, 4) is 0 Å². The number of hydrogen-bond donors (Lipinski definition) is 2. The SMILES string of the molecule is CCCNC(=O)C[C@@H](CN)CC(C)C. The normalized spacial score (nSPS) is 12.9. The molecular formula is C11H24N2O. The predicted molar refractivity (Wildman–Crippen MR) is 59.9 cm³/mol. The minimum atomic E-state index is 0.142. The van der Waals surface area contributed by atoms with E-state index < -0.39 is 0 Å². The maximum atomic E-state index is 11.4. The molecule has 0 aliphatic rings. The third kappa shape index (κ3) is 6.89. The average molecular weight is 200 g/mol. The van der Waals surface area contributed by atoms with Crippen molar-refractivity contribution in [1.82, 2.24) is 5.32 Å². The van der Waals surface area contributed by atoms with Gasteiger partial charge in [0.2, 0.25) is 5.91 Å². The highest BCUT2D eigenvalue weighted by atomic mass is 16.1. The summed E-state index contributed by atoms with van der Waals surface area (Å²) in [6, 6.07) is 0. The van der Waals surface area contributed by atoms with E-state index in [9.17, 15) is 4.79 Å². The molecule has 3 heteroatoms. The van der Waals surface area contributed by atoms with E-state index in [1.165, 1.54) is 0 Å². The van der Waals surface area contributed by atoms with E-state index in [1.54, 1.807) is 0 Å². The minimum absolute atomic E-state index is 0.142. The Morgan fingerprint density at radius 2 is 2.07 bits per heavy atom. The lowest BCUT2D eigenvalue weighted by Gasteiger charge is -2.16. The molecule has 0 saturated heterocycles. The van der Waals surface area contributed by atoms with Gasteiger partial charge in [-0.2, -0.15) is 0 Å². The van der Waals surface area contributed by atoms with Gasteiger partial charge in [-0.25, -0.2) is 0 Å². The molecule has 3 nitrogen and oxygen atoms in total. The number of hydrogen-bond acceptors (Lipinski definition) is 2. The Kier molecular flexibility index (Phi) is 7.48. The molecule has 0 heterocycles. The summed E-state index contributed by atoms with van der Waals surface area (Å²) >= 11 is 0. The smallest absolute Gasteiger partial charge is 0.220 e. The quantitative estimate of drug-likeness (QED) is 0.654. The largest absolute Gasteiger partial charge is 0.356 e. The zero-order valence-electron chi connectivity index (χ0n) is 9.68. The minimum Gasteiger partial charge on any atom is -0.356 e. The summed E-state index contributed by atoms with van der Waals surface area (Å²) in [7, 11) is 0. The van der Waals surface area contributed by atoms with Gasteiger partial charge in [-0.05, 0) is 31.2 Å². The van der Waals surface area contributed by atoms with E-state index in [4.69, 9.17) is 5.73 Å². The van der Waals surface area contributed by atoms with Gasteiger partial charge in [0.05, 0.1) is 0 Å². The Labute approximate surface area is 87.4 Å². The van der Waals surface area contributed by atoms with Crippen molar-refractivity contribution in [3.05, 3.63) is 0 Å². The fourth-order valence-electron chi connectivity index (χ4n) is 1.53. The lowest BCUT2D eigenvalue weighted by molar-refractivity contribution is -0.122. The fourth-order valence-corrected chi connectivity index (χ4v) is 1.53. The first-order valence-electron chi connectivity index (χ1n) is 5.56. The first kappa shape index (κ1) is 13.4. The summed E-state index contributed by atoms with van der Waals surface area (Å²) in [6.07, 6.45) is 2.61. The summed E-state index contributed by atoms with van der Waals surface area (Å²) in [5.74, 6) is 1.09. The third-order valence-electron chi connectivity index (χ3n) is 2.18. The predicted octanol–water partition coefficient (Wildman–Crippen LogP) is 1.52. The Morgan fingerprint density at radius 3 is 2.50 bits per heavy atom. The molecule has 0 aliphatic heterocycles. The highest BCUT2D eigenvalue weighted by Gasteiger charge is 2.13. The van der Waals surface area contributed by atoms with Crippen LogP contribution in [0.4, 0.5) is 0 Å². The molecule has 0 spiro atoms. The molecule has 1 atom stereocenters. The van der Waals surface area contributed by atoms with E-state index in [0.29, 0.717) is 24.8 Å². The van der Waals surface area contributed by atoms with Crippen molar-refractivity contribution in [1.29, 1.82) is 0 Å². The Balaban J connectivity index is 3.74. The summed E-state index contributed by atoms with van der Waals surface area (Å²) < 4.78 is 0. The maximum absolute atomic E-state index is 11.4. The lowest BCUT2D eigenvalue weighted by atomic mass is 9.94. The summed E-state index contributed by atoms with van der Waals surface area (Å²) in [6.45, 7) is 7.75. The molecule has 1 amide bonds. The van der Waals surface area contributed by atoms with Crippen molar-refractivity contribution >= 4 is 5.91 Å². The van der Waals surface area contributed by atoms with Gasteiger partial charge in [0.25, 0.3) is 0 Å². The van der Waals surface area contributed by atoms with Gasteiger partial charge in [-0.3, -0.25) is 4.79 Å². The van der Waals surface area contributed by atoms with Crippen molar-refractivity contribution in [2.75, 3.05) is 13.1 Å². The van der Waals surface area contributed by atoms with Crippen LogP contribution in [0.25, 0.3) is 0 Å². The molecule has 0 saturated carbocycles. The zero-order chi connectivity index (χ0) is 11.0. The first-order valence-corrected chi connectivity index (χ1v) is 5.56. The topological polar surface area (TPSA) is 55.1 Å². The number of amides is 1. The first-order chi connectivity index (χ1) is 6.60. The zero-order valence-corrected chi connectivity index (χ0v) is 9.68. The number of carbonyl (C=O) groups is 1. The summed E-state index contributed by atoms with van der Waals surface area (Å²) in [4.78, 5) is 11.4. The average Bonchev–Trinajstić information content (AvgIpc) is 2.12. The molecule has 0 rings (SSSR count). The Hall–Kier alpha value is -0.570. The van der Waals surface area contributed by atoms with E-state index in [-0.39, 0.29) is 5.91 Å². The van der Waals surface area contributed by atoms with Crippen LogP contribution >= 0.6 is 0 Å². The number of carbonyl (C=O) groups excluding carboxylic acids is 1. The van der Waals surface area contributed by atoms with Crippen LogP contribution in [0.1, 0.15) is 40.0 Å². The van der Waals surface area contributed by atoms with E-state index in [0.717, 1.165) is 19.4 Å². The van der Waals surface area contributed by atoms with Gasteiger partial charge in [0.15, 0.2) is 0 Å². The van der Waals surface area contributed by atoms with Crippen LogP contribution in [0.3, 0.4) is 0 Å². The number of nitrogens with two attached hydrogens (primary N) is 1. The lowest BCUT2D eigenvalue weighted by Crippen LogP contribution is -2.29.